The van der Waals surface area contributed by atoms with E-state index in [1.807, 2.05) is 25.1 Å². The minimum atomic E-state index is -3.05. The first-order valence-electron chi connectivity index (χ1n) is 6.78. The zero-order chi connectivity index (χ0) is 14.9. The molecule has 1 aliphatic carbocycles. The molecule has 0 N–H and O–H groups in total. The Morgan fingerprint density at radius 1 is 1.30 bits per heavy atom. The van der Waals surface area contributed by atoms with E-state index in [2.05, 4.69) is 15.9 Å². The van der Waals surface area contributed by atoms with Gasteiger partial charge >= 0.3 is 0 Å². The second-order valence-corrected chi connectivity index (χ2v) is 8.82. The smallest absolute Gasteiger partial charge is 0.166 e. The van der Waals surface area contributed by atoms with E-state index in [4.69, 9.17) is 0 Å². The molecule has 20 heavy (non-hydrogen) atoms. The van der Waals surface area contributed by atoms with Crippen molar-refractivity contribution < 1.29 is 13.2 Å². The normalized spacial score (nSPS) is 23.6. The summed E-state index contributed by atoms with van der Waals surface area (Å²) in [6.45, 7) is 1.97. The molecule has 2 rings (SSSR count). The van der Waals surface area contributed by atoms with Crippen molar-refractivity contribution in [2.75, 3.05) is 6.26 Å². The lowest BCUT2D eigenvalue weighted by molar-refractivity contribution is 0.0891. The fraction of sp³-hybridized carbons (Fsp3) is 0.533. The van der Waals surface area contributed by atoms with Gasteiger partial charge in [-0.05, 0) is 37.8 Å². The van der Waals surface area contributed by atoms with E-state index >= 15 is 0 Å². The Morgan fingerprint density at radius 2 is 2.00 bits per heavy atom. The molecule has 0 heterocycles. The maximum atomic E-state index is 12.5. The number of aryl methyl sites for hydroxylation is 1. The van der Waals surface area contributed by atoms with Crippen LogP contribution in [0.2, 0.25) is 0 Å². The van der Waals surface area contributed by atoms with Gasteiger partial charge in [-0.1, -0.05) is 34.5 Å². The summed E-state index contributed by atoms with van der Waals surface area (Å²) in [4.78, 5) is 12.5. The molecule has 0 bridgehead atoms. The van der Waals surface area contributed by atoms with Crippen LogP contribution in [0.4, 0.5) is 0 Å². The third-order valence-electron chi connectivity index (χ3n) is 4.06. The minimum Gasteiger partial charge on any atom is -0.294 e. The Bertz CT molecular complexity index is 622. The van der Waals surface area contributed by atoms with Gasteiger partial charge in [0.15, 0.2) is 5.78 Å². The maximum Gasteiger partial charge on any atom is 0.166 e. The van der Waals surface area contributed by atoms with Crippen molar-refractivity contribution >= 4 is 31.6 Å². The molecular weight excluding hydrogens is 340 g/mol. The van der Waals surface area contributed by atoms with Crippen LogP contribution in [0.5, 0.6) is 0 Å². The van der Waals surface area contributed by atoms with Crippen LogP contribution >= 0.6 is 15.9 Å². The van der Waals surface area contributed by atoms with Crippen LogP contribution in [-0.4, -0.2) is 25.7 Å². The van der Waals surface area contributed by atoms with Crippen LogP contribution in [0.25, 0.3) is 0 Å². The lowest BCUT2D eigenvalue weighted by Gasteiger charge is -2.27. The van der Waals surface area contributed by atoms with Gasteiger partial charge in [0, 0.05) is 22.2 Å². The van der Waals surface area contributed by atoms with Crippen LogP contribution < -0.4 is 0 Å². The topological polar surface area (TPSA) is 51.2 Å². The van der Waals surface area contributed by atoms with Crippen LogP contribution in [0, 0.1) is 12.8 Å². The van der Waals surface area contributed by atoms with Gasteiger partial charge in [-0.25, -0.2) is 8.42 Å². The molecule has 3 nitrogen and oxygen atoms in total. The largest absolute Gasteiger partial charge is 0.294 e. The van der Waals surface area contributed by atoms with E-state index in [9.17, 15) is 13.2 Å². The number of benzene rings is 1. The highest BCUT2D eigenvalue weighted by Gasteiger charge is 2.32. The number of carbonyl (C=O) groups excluding carboxylic acids is 1. The van der Waals surface area contributed by atoms with Gasteiger partial charge < -0.3 is 0 Å². The van der Waals surface area contributed by atoms with Crippen molar-refractivity contribution in [3.05, 3.63) is 33.8 Å². The highest BCUT2D eigenvalue weighted by atomic mass is 79.9. The van der Waals surface area contributed by atoms with E-state index in [0.717, 1.165) is 22.9 Å². The number of hydrogen-bond acceptors (Lipinski definition) is 3. The number of rotatable bonds is 3. The fourth-order valence-corrected chi connectivity index (χ4v) is 4.31. The monoisotopic (exact) mass is 358 g/mol. The van der Waals surface area contributed by atoms with E-state index < -0.39 is 9.84 Å². The number of ketones is 1. The average molecular weight is 359 g/mol. The molecule has 110 valence electrons. The molecule has 0 amide bonds. The summed E-state index contributed by atoms with van der Waals surface area (Å²) < 4.78 is 24.3. The van der Waals surface area contributed by atoms with Gasteiger partial charge in [0.05, 0.1) is 5.25 Å². The molecule has 0 radical (unpaired) electrons. The van der Waals surface area contributed by atoms with Crippen molar-refractivity contribution in [3.8, 4) is 0 Å². The average Bonchev–Trinajstić information content (AvgIpc) is 2.40. The molecule has 1 aromatic rings. The van der Waals surface area contributed by atoms with E-state index in [0.29, 0.717) is 18.4 Å². The zero-order valence-electron chi connectivity index (χ0n) is 11.7. The molecule has 1 aromatic carbocycles. The van der Waals surface area contributed by atoms with Crippen molar-refractivity contribution in [1.82, 2.24) is 0 Å². The maximum absolute atomic E-state index is 12.5. The van der Waals surface area contributed by atoms with E-state index in [-0.39, 0.29) is 17.0 Å². The first kappa shape index (κ1) is 15.7. The standard InChI is InChI=1S/C15H19BrO3S/c1-10-6-7-12(9-14(10)16)15(17)11-4-3-5-13(8-11)20(2,18)19/h6-7,9,11,13H,3-5,8H2,1-2H3. The summed E-state index contributed by atoms with van der Waals surface area (Å²) >= 11 is 3.43. The van der Waals surface area contributed by atoms with Gasteiger partial charge in [-0.2, -0.15) is 0 Å². The predicted octanol–water partition coefficient (Wildman–Crippen LogP) is 3.54. The number of carbonyl (C=O) groups is 1. The fourth-order valence-electron chi connectivity index (χ4n) is 2.75. The van der Waals surface area contributed by atoms with Crippen LogP contribution in [0.15, 0.2) is 22.7 Å². The van der Waals surface area contributed by atoms with E-state index in [1.165, 1.54) is 6.26 Å². The van der Waals surface area contributed by atoms with Crippen LogP contribution in [0.3, 0.4) is 0 Å². The van der Waals surface area contributed by atoms with Crippen molar-refractivity contribution in [2.45, 2.75) is 37.9 Å². The minimum absolute atomic E-state index is 0.0686. The SMILES string of the molecule is Cc1ccc(C(=O)C2CCCC(S(C)(=O)=O)C2)cc1Br. The Labute approximate surface area is 128 Å². The molecule has 2 unspecified atom stereocenters. The second kappa shape index (κ2) is 5.98. The molecule has 0 spiro atoms. The van der Waals surface area contributed by atoms with E-state index in [1.54, 1.807) is 0 Å². The molecular formula is C15H19BrO3S. The Hall–Kier alpha value is -0.680. The van der Waals surface area contributed by atoms with Crippen molar-refractivity contribution in [3.63, 3.8) is 0 Å². The highest BCUT2D eigenvalue weighted by molar-refractivity contribution is 9.10. The number of Topliss-reactive ketones (excluding diaryl/α,β-unsaturated/α-hetero) is 1. The van der Waals surface area contributed by atoms with Gasteiger partial charge in [0.1, 0.15) is 9.84 Å². The molecule has 1 aliphatic rings. The molecule has 1 fully saturated rings. The second-order valence-electron chi connectivity index (χ2n) is 5.64. The lowest BCUT2D eigenvalue weighted by atomic mass is 9.83. The third kappa shape index (κ3) is 3.50. The summed E-state index contributed by atoms with van der Waals surface area (Å²) in [6, 6.07) is 5.57. The summed E-state index contributed by atoms with van der Waals surface area (Å²) in [5.74, 6) is -0.0999. The Kier molecular flexibility index (Phi) is 4.69. The number of hydrogen-bond donors (Lipinski definition) is 0. The summed E-state index contributed by atoms with van der Waals surface area (Å²) in [5.41, 5.74) is 1.75. The molecule has 5 heteroatoms. The third-order valence-corrected chi connectivity index (χ3v) is 6.55. The van der Waals surface area contributed by atoms with Crippen LogP contribution in [0.1, 0.15) is 41.6 Å². The summed E-state index contributed by atoms with van der Waals surface area (Å²) in [7, 11) is -3.05. The molecule has 2 atom stereocenters. The number of halogens is 1. The van der Waals surface area contributed by atoms with Gasteiger partial charge in [-0.15, -0.1) is 0 Å². The zero-order valence-corrected chi connectivity index (χ0v) is 14.1. The Balaban J connectivity index is 2.18. The van der Waals surface area contributed by atoms with Crippen LogP contribution in [-0.2, 0) is 9.84 Å². The Morgan fingerprint density at radius 3 is 2.60 bits per heavy atom. The molecule has 0 aromatic heterocycles. The van der Waals surface area contributed by atoms with Crippen molar-refractivity contribution in [2.24, 2.45) is 5.92 Å². The molecule has 0 saturated heterocycles. The first-order chi connectivity index (χ1) is 9.29. The summed E-state index contributed by atoms with van der Waals surface area (Å²) in [5, 5.41) is -0.362. The molecule has 0 aliphatic heterocycles. The van der Waals surface area contributed by atoms with Crippen molar-refractivity contribution in [1.29, 1.82) is 0 Å². The first-order valence-corrected chi connectivity index (χ1v) is 9.53. The lowest BCUT2D eigenvalue weighted by Crippen LogP contribution is -2.31. The van der Waals surface area contributed by atoms with Gasteiger partial charge in [-0.3, -0.25) is 4.79 Å². The predicted molar refractivity (Wildman–Crippen MR) is 83.8 cm³/mol. The number of sulfone groups is 1. The van der Waals surface area contributed by atoms with Gasteiger partial charge in [0.2, 0.25) is 0 Å². The van der Waals surface area contributed by atoms with Gasteiger partial charge in [0.25, 0.3) is 0 Å². The summed E-state index contributed by atoms with van der Waals surface area (Å²) in [6.07, 6.45) is 4.01. The molecule has 1 saturated carbocycles. The highest BCUT2D eigenvalue weighted by Crippen LogP contribution is 2.31. The quantitative estimate of drug-likeness (QED) is 0.776.